The zero-order chi connectivity index (χ0) is 18.3. The summed E-state index contributed by atoms with van der Waals surface area (Å²) in [6.45, 7) is 5.87. The molecule has 0 saturated carbocycles. The summed E-state index contributed by atoms with van der Waals surface area (Å²) in [7, 11) is 0. The smallest absolute Gasteiger partial charge is 0.165 e. The minimum absolute atomic E-state index is 0.283. The fraction of sp³-hybridized carbons (Fsp3) is 0.286. The monoisotopic (exact) mass is 368 g/mol. The van der Waals surface area contributed by atoms with E-state index in [4.69, 9.17) is 4.98 Å². The molecule has 134 valence electrons. The predicted octanol–water partition coefficient (Wildman–Crippen LogP) is 5.54. The van der Waals surface area contributed by atoms with E-state index in [0.29, 0.717) is 5.56 Å². The van der Waals surface area contributed by atoms with Crippen LogP contribution in [0.2, 0.25) is 0 Å². The molecule has 2 heterocycles. The first-order valence-corrected chi connectivity index (χ1v) is 9.67. The van der Waals surface area contributed by atoms with Crippen LogP contribution < -0.4 is 4.90 Å². The molecule has 0 radical (unpaired) electrons. The van der Waals surface area contributed by atoms with Crippen LogP contribution in [0.25, 0.3) is 21.0 Å². The molecular weight excluding hydrogens is 347 g/mol. The van der Waals surface area contributed by atoms with E-state index < -0.39 is 5.82 Å². The van der Waals surface area contributed by atoms with Gasteiger partial charge in [0, 0.05) is 24.3 Å². The molecule has 1 fully saturated rings. The number of aryl methyl sites for hydroxylation is 2. The molecular formula is C21H21FN2OS. The van der Waals surface area contributed by atoms with Crippen LogP contribution in [0.15, 0.2) is 36.4 Å². The largest absolute Gasteiger partial charge is 0.505 e. The van der Waals surface area contributed by atoms with Gasteiger partial charge in [-0.25, -0.2) is 9.37 Å². The standard InChI is InChI=1S/C21H21FN2OS/c1-13-10-16(12-18(22)19(13)25)20-14(2)23-21(26-20)15-6-5-7-17(11-15)24-8-3-4-9-24/h5-7,10-12,25H,3-4,8-9H2,1-2H3. The lowest BCUT2D eigenvalue weighted by molar-refractivity contribution is 0.429. The summed E-state index contributed by atoms with van der Waals surface area (Å²) in [5, 5.41) is 10.6. The maximum Gasteiger partial charge on any atom is 0.165 e. The summed E-state index contributed by atoms with van der Waals surface area (Å²) >= 11 is 1.56. The summed E-state index contributed by atoms with van der Waals surface area (Å²) in [5.74, 6) is -0.875. The van der Waals surface area contributed by atoms with Crippen LogP contribution in [0.4, 0.5) is 10.1 Å². The Morgan fingerprint density at radius 1 is 1.08 bits per heavy atom. The summed E-state index contributed by atoms with van der Waals surface area (Å²) in [6.07, 6.45) is 2.49. The second kappa shape index (κ2) is 6.72. The number of anilines is 1. The molecule has 0 amide bonds. The number of phenols is 1. The fourth-order valence-electron chi connectivity index (χ4n) is 3.47. The Bertz CT molecular complexity index is 937. The first-order valence-electron chi connectivity index (χ1n) is 8.85. The highest BCUT2D eigenvalue weighted by atomic mass is 32.1. The van der Waals surface area contributed by atoms with E-state index in [1.165, 1.54) is 24.6 Å². The molecule has 1 N–H and O–H groups in total. The first kappa shape index (κ1) is 17.0. The van der Waals surface area contributed by atoms with Gasteiger partial charge in [0.2, 0.25) is 0 Å². The van der Waals surface area contributed by atoms with Crippen LogP contribution in [0.3, 0.4) is 0 Å². The third-order valence-corrected chi connectivity index (χ3v) is 6.13. The molecule has 0 unspecified atom stereocenters. The highest BCUT2D eigenvalue weighted by Gasteiger charge is 2.17. The lowest BCUT2D eigenvalue weighted by Gasteiger charge is -2.17. The van der Waals surface area contributed by atoms with Crippen LogP contribution in [-0.4, -0.2) is 23.2 Å². The molecule has 5 heteroatoms. The van der Waals surface area contributed by atoms with Gasteiger partial charge >= 0.3 is 0 Å². The van der Waals surface area contributed by atoms with Crippen LogP contribution in [0, 0.1) is 19.7 Å². The zero-order valence-corrected chi connectivity index (χ0v) is 15.7. The Kier molecular flexibility index (Phi) is 4.41. The van der Waals surface area contributed by atoms with Crippen molar-refractivity contribution in [3.63, 3.8) is 0 Å². The number of nitrogens with zero attached hydrogens (tertiary/aromatic N) is 2. The van der Waals surface area contributed by atoms with Gasteiger partial charge in [0.05, 0.1) is 10.6 Å². The van der Waals surface area contributed by atoms with Crippen molar-refractivity contribution in [1.29, 1.82) is 0 Å². The van der Waals surface area contributed by atoms with E-state index in [1.807, 2.05) is 13.0 Å². The van der Waals surface area contributed by atoms with E-state index >= 15 is 0 Å². The maximum atomic E-state index is 13.9. The minimum Gasteiger partial charge on any atom is -0.505 e. The molecule has 2 aromatic carbocycles. The van der Waals surface area contributed by atoms with Crippen molar-refractivity contribution in [3.8, 4) is 26.8 Å². The summed E-state index contributed by atoms with van der Waals surface area (Å²) in [5.41, 5.74) is 4.49. The summed E-state index contributed by atoms with van der Waals surface area (Å²) < 4.78 is 13.9. The van der Waals surface area contributed by atoms with E-state index in [0.717, 1.165) is 39.8 Å². The molecule has 4 rings (SSSR count). The third kappa shape index (κ3) is 3.07. The lowest BCUT2D eigenvalue weighted by atomic mass is 10.1. The highest BCUT2D eigenvalue weighted by Crippen LogP contribution is 2.38. The van der Waals surface area contributed by atoms with Crippen LogP contribution in [-0.2, 0) is 0 Å². The Morgan fingerprint density at radius 3 is 2.58 bits per heavy atom. The molecule has 26 heavy (non-hydrogen) atoms. The number of thiazole rings is 1. The number of benzene rings is 2. The zero-order valence-electron chi connectivity index (χ0n) is 14.9. The number of phenolic OH excluding ortho intramolecular Hbond substituents is 1. The average Bonchev–Trinajstić information content (AvgIpc) is 3.29. The van der Waals surface area contributed by atoms with Crippen molar-refractivity contribution in [3.05, 3.63) is 53.5 Å². The Balaban J connectivity index is 1.72. The molecule has 1 aliphatic heterocycles. The minimum atomic E-state index is -0.592. The van der Waals surface area contributed by atoms with Gasteiger partial charge in [0.1, 0.15) is 5.01 Å². The second-order valence-electron chi connectivity index (χ2n) is 6.80. The number of aromatic hydroxyl groups is 1. The first-order chi connectivity index (χ1) is 12.5. The van der Waals surface area contributed by atoms with E-state index in [-0.39, 0.29) is 5.75 Å². The predicted molar refractivity (Wildman–Crippen MR) is 106 cm³/mol. The number of halogens is 1. The maximum absolute atomic E-state index is 13.9. The van der Waals surface area contributed by atoms with E-state index in [2.05, 4.69) is 29.2 Å². The van der Waals surface area contributed by atoms with Crippen LogP contribution >= 0.6 is 11.3 Å². The number of rotatable bonds is 3. The van der Waals surface area contributed by atoms with Gasteiger partial charge in [0.15, 0.2) is 11.6 Å². The van der Waals surface area contributed by atoms with Crippen molar-refractivity contribution in [2.75, 3.05) is 18.0 Å². The molecule has 0 spiro atoms. The van der Waals surface area contributed by atoms with Gasteiger partial charge in [-0.05, 0) is 62.1 Å². The van der Waals surface area contributed by atoms with Gasteiger partial charge in [-0.15, -0.1) is 11.3 Å². The Morgan fingerprint density at radius 2 is 1.85 bits per heavy atom. The summed E-state index contributed by atoms with van der Waals surface area (Å²) in [4.78, 5) is 8.07. The fourth-order valence-corrected chi connectivity index (χ4v) is 4.52. The van der Waals surface area contributed by atoms with E-state index in [9.17, 15) is 9.50 Å². The Hall–Kier alpha value is -2.40. The second-order valence-corrected chi connectivity index (χ2v) is 7.80. The highest BCUT2D eigenvalue weighted by molar-refractivity contribution is 7.18. The molecule has 1 aliphatic rings. The molecule has 3 aromatic rings. The van der Waals surface area contributed by atoms with Gasteiger partial charge in [-0.1, -0.05) is 12.1 Å². The van der Waals surface area contributed by atoms with Crippen molar-refractivity contribution >= 4 is 17.0 Å². The van der Waals surface area contributed by atoms with Crippen molar-refractivity contribution < 1.29 is 9.50 Å². The van der Waals surface area contributed by atoms with Gasteiger partial charge < -0.3 is 10.0 Å². The molecule has 1 saturated heterocycles. The van der Waals surface area contributed by atoms with E-state index in [1.54, 1.807) is 18.3 Å². The molecule has 0 atom stereocenters. The number of hydrogen-bond donors (Lipinski definition) is 1. The SMILES string of the molecule is Cc1cc(-c2sc(-c3cccc(N4CCCC4)c3)nc2C)cc(F)c1O. The quantitative estimate of drug-likeness (QED) is 0.659. The topological polar surface area (TPSA) is 36.4 Å². The van der Waals surface area contributed by atoms with Crippen LogP contribution in [0.5, 0.6) is 5.75 Å². The van der Waals surface area contributed by atoms with Gasteiger partial charge in [-0.2, -0.15) is 0 Å². The normalized spacial score (nSPS) is 14.2. The summed E-state index contributed by atoms with van der Waals surface area (Å²) in [6, 6.07) is 11.7. The molecule has 0 aliphatic carbocycles. The number of aromatic nitrogens is 1. The van der Waals surface area contributed by atoms with Crippen LogP contribution in [0.1, 0.15) is 24.1 Å². The van der Waals surface area contributed by atoms with Crippen molar-refractivity contribution in [1.82, 2.24) is 4.98 Å². The average molecular weight is 368 g/mol. The van der Waals surface area contributed by atoms with Gasteiger partial charge in [0.25, 0.3) is 0 Å². The van der Waals surface area contributed by atoms with Crippen molar-refractivity contribution in [2.24, 2.45) is 0 Å². The molecule has 3 nitrogen and oxygen atoms in total. The molecule has 1 aromatic heterocycles. The van der Waals surface area contributed by atoms with Gasteiger partial charge in [-0.3, -0.25) is 0 Å². The lowest BCUT2D eigenvalue weighted by Crippen LogP contribution is -2.17. The Labute approximate surface area is 156 Å². The number of hydrogen-bond acceptors (Lipinski definition) is 4. The van der Waals surface area contributed by atoms with Crippen molar-refractivity contribution in [2.45, 2.75) is 26.7 Å². The molecule has 0 bridgehead atoms. The third-order valence-electron chi connectivity index (χ3n) is 4.88.